The fourth-order valence-corrected chi connectivity index (χ4v) is 2.45. The molecule has 0 aromatic rings. The first-order chi connectivity index (χ1) is 5.92. The summed E-state index contributed by atoms with van der Waals surface area (Å²) in [5, 5.41) is 8.91. The third-order valence-corrected chi connectivity index (χ3v) is 3.75. The smallest absolute Gasteiger partial charge is 0.316 e. The van der Waals surface area contributed by atoms with Crippen LogP contribution in [0.5, 0.6) is 0 Å². The molecule has 0 amide bonds. The summed E-state index contributed by atoms with van der Waals surface area (Å²) in [6, 6.07) is 0. The summed E-state index contributed by atoms with van der Waals surface area (Å²) in [5.41, 5.74) is -1.33. The number of aliphatic carboxylic acids is 1. The fourth-order valence-electron chi connectivity index (χ4n) is 2.45. The van der Waals surface area contributed by atoms with Crippen molar-refractivity contribution in [3.8, 4) is 0 Å². The number of carboxylic acid groups (broad SMARTS) is 1. The summed E-state index contributed by atoms with van der Waals surface area (Å²) in [7, 11) is 0. The summed E-state index contributed by atoms with van der Waals surface area (Å²) in [4.78, 5) is 22.0. The van der Waals surface area contributed by atoms with E-state index in [0.29, 0.717) is 12.8 Å². The van der Waals surface area contributed by atoms with Crippen molar-refractivity contribution >= 4 is 11.9 Å². The van der Waals surface area contributed by atoms with Crippen LogP contribution in [0.4, 0.5) is 0 Å². The number of hydrogen-bond acceptors (Lipinski definition) is 3. The van der Waals surface area contributed by atoms with Crippen molar-refractivity contribution in [3.05, 3.63) is 0 Å². The summed E-state index contributed by atoms with van der Waals surface area (Å²) in [6.07, 6.45) is 1.16. The van der Waals surface area contributed by atoms with Crippen molar-refractivity contribution in [1.82, 2.24) is 0 Å². The molecule has 2 aliphatic rings. The Morgan fingerprint density at radius 2 is 2.23 bits per heavy atom. The van der Waals surface area contributed by atoms with E-state index in [1.54, 1.807) is 13.8 Å². The van der Waals surface area contributed by atoms with Crippen LogP contribution in [0.1, 0.15) is 26.7 Å². The zero-order valence-corrected chi connectivity index (χ0v) is 7.66. The summed E-state index contributed by atoms with van der Waals surface area (Å²) >= 11 is 0. The van der Waals surface area contributed by atoms with Gasteiger partial charge in [0, 0.05) is 0 Å². The molecule has 1 heterocycles. The molecule has 0 bridgehead atoms. The molecule has 0 radical (unpaired) electrons. The maximum atomic E-state index is 11.2. The molecule has 4 nitrogen and oxygen atoms in total. The molecule has 72 valence electrons. The maximum absolute atomic E-state index is 11.2. The van der Waals surface area contributed by atoms with Crippen molar-refractivity contribution in [3.63, 3.8) is 0 Å². The third-order valence-electron chi connectivity index (χ3n) is 3.75. The van der Waals surface area contributed by atoms with E-state index in [2.05, 4.69) is 0 Å². The number of rotatable bonds is 1. The molecule has 1 saturated carbocycles. The second-order valence-electron chi connectivity index (χ2n) is 4.26. The molecule has 0 aromatic heterocycles. The molecular formula is C9H12O4. The Morgan fingerprint density at radius 1 is 1.62 bits per heavy atom. The van der Waals surface area contributed by atoms with Gasteiger partial charge in [-0.25, -0.2) is 0 Å². The van der Waals surface area contributed by atoms with Gasteiger partial charge in [-0.15, -0.1) is 0 Å². The van der Waals surface area contributed by atoms with Crippen molar-refractivity contribution in [2.75, 3.05) is 0 Å². The van der Waals surface area contributed by atoms with Crippen LogP contribution in [0.3, 0.4) is 0 Å². The topological polar surface area (TPSA) is 63.6 Å². The highest BCUT2D eigenvalue weighted by Crippen LogP contribution is 2.59. The molecule has 0 spiro atoms. The maximum Gasteiger partial charge on any atom is 0.316 e. The van der Waals surface area contributed by atoms with Gasteiger partial charge in [0.2, 0.25) is 0 Å². The van der Waals surface area contributed by atoms with E-state index in [1.165, 1.54) is 0 Å². The predicted octanol–water partition coefficient (Wildman–Crippen LogP) is 0.803. The van der Waals surface area contributed by atoms with Crippen molar-refractivity contribution < 1.29 is 19.4 Å². The lowest BCUT2D eigenvalue weighted by Crippen LogP contribution is -2.64. The number of carbonyl (C=O) groups is 2. The first-order valence-electron chi connectivity index (χ1n) is 4.38. The number of hydrogen-bond donors (Lipinski definition) is 1. The van der Waals surface area contributed by atoms with E-state index < -0.39 is 22.9 Å². The molecular weight excluding hydrogens is 172 g/mol. The van der Waals surface area contributed by atoms with Gasteiger partial charge in [0.05, 0.1) is 5.92 Å². The Bertz CT molecular complexity index is 298. The molecule has 1 aliphatic heterocycles. The van der Waals surface area contributed by atoms with Gasteiger partial charge in [-0.1, -0.05) is 0 Å². The molecule has 2 rings (SSSR count). The molecule has 3 atom stereocenters. The van der Waals surface area contributed by atoms with Gasteiger partial charge >= 0.3 is 11.9 Å². The second kappa shape index (κ2) is 2.05. The Balaban J connectivity index is 2.34. The van der Waals surface area contributed by atoms with Gasteiger partial charge in [0.15, 0.2) is 0 Å². The zero-order chi connectivity index (χ0) is 9.85. The average molecular weight is 184 g/mol. The van der Waals surface area contributed by atoms with Gasteiger partial charge in [-0.2, -0.15) is 0 Å². The first kappa shape index (κ1) is 8.53. The van der Waals surface area contributed by atoms with Crippen molar-refractivity contribution in [1.29, 1.82) is 0 Å². The van der Waals surface area contributed by atoms with Gasteiger partial charge in [-0.05, 0) is 26.7 Å². The first-order valence-corrected chi connectivity index (χ1v) is 4.38. The number of ether oxygens (including phenoxy) is 1. The highest BCUT2D eigenvalue weighted by molar-refractivity contribution is 5.88. The lowest BCUT2D eigenvalue weighted by molar-refractivity contribution is -0.235. The Morgan fingerprint density at radius 3 is 2.62 bits per heavy atom. The van der Waals surface area contributed by atoms with Gasteiger partial charge in [0.1, 0.15) is 11.0 Å². The molecule has 0 aromatic carbocycles. The van der Waals surface area contributed by atoms with Crippen LogP contribution in [0.2, 0.25) is 0 Å². The normalized spacial score (nSPS) is 47.8. The molecule has 2 fully saturated rings. The number of carboxylic acids is 1. The lowest BCUT2D eigenvalue weighted by Gasteiger charge is -2.50. The molecule has 1 aliphatic carbocycles. The van der Waals surface area contributed by atoms with Crippen LogP contribution in [0.15, 0.2) is 0 Å². The second-order valence-corrected chi connectivity index (χ2v) is 4.26. The predicted molar refractivity (Wildman–Crippen MR) is 43.0 cm³/mol. The van der Waals surface area contributed by atoms with Crippen LogP contribution in [0, 0.1) is 11.3 Å². The summed E-state index contributed by atoms with van der Waals surface area (Å²) in [5.74, 6) is -1.65. The minimum absolute atomic E-state index is 0.251. The lowest BCUT2D eigenvalue weighted by atomic mass is 9.69. The van der Waals surface area contributed by atoms with Crippen molar-refractivity contribution in [2.45, 2.75) is 32.3 Å². The SMILES string of the molecule is CC12OC(=O)[C@]1(C)CC[C@@H]2C(=O)O. The Labute approximate surface area is 75.9 Å². The van der Waals surface area contributed by atoms with Gasteiger partial charge in [0.25, 0.3) is 0 Å². The largest absolute Gasteiger partial charge is 0.481 e. The van der Waals surface area contributed by atoms with Gasteiger partial charge < -0.3 is 9.84 Å². The number of esters is 1. The number of fused-ring (bicyclic) bond motifs is 1. The van der Waals surface area contributed by atoms with E-state index in [0.717, 1.165) is 0 Å². The van der Waals surface area contributed by atoms with E-state index in [1.807, 2.05) is 0 Å². The molecule has 4 heteroatoms. The summed E-state index contributed by atoms with van der Waals surface area (Å²) in [6.45, 7) is 3.52. The van der Waals surface area contributed by atoms with Crippen LogP contribution < -0.4 is 0 Å². The Kier molecular flexibility index (Phi) is 1.35. The summed E-state index contributed by atoms with van der Waals surface area (Å²) < 4.78 is 5.01. The van der Waals surface area contributed by atoms with Gasteiger partial charge in [-0.3, -0.25) is 9.59 Å². The molecule has 1 unspecified atom stereocenters. The van der Waals surface area contributed by atoms with Crippen LogP contribution in [-0.4, -0.2) is 22.6 Å². The minimum atomic E-state index is -0.862. The van der Waals surface area contributed by atoms with Crippen molar-refractivity contribution in [2.24, 2.45) is 11.3 Å². The van der Waals surface area contributed by atoms with Crippen LogP contribution in [0.25, 0.3) is 0 Å². The van der Waals surface area contributed by atoms with Crippen LogP contribution in [-0.2, 0) is 14.3 Å². The van der Waals surface area contributed by atoms with E-state index in [-0.39, 0.29) is 5.97 Å². The van der Waals surface area contributed by atoms with E-state index in [4.69, 9.17) is 9.84 Å². The quantitative estimate of drug-likeness (QED) is 0.612. The Hall–Kier alpha value is -1.06. The number of carbonyl (C=O) groups excluding carboxylic acids is 1. The van der Waals surface area contributed by atoms with Crippen LogP contribution >= 0.6 is 0 Å². The highest BCUT2D eigenvalue weighted by Gasteiger charge is 2.71. The molecule has 1 N–H and O–H groups in total. The third kappa shape index (κ3) is 0.716. The minimum Gasteiger partial charge on any atom is -0.481 e. The molecule has 1 saturated heterocycles. The van der Waals surface area contributed by atoms with E-state index >= 15 is 0 Å². The average Bonchev–Trinajstić information content (AvgIpc) is 2.22. The van der Waals surface area contributed by atoms with E-state index in [9.17, 15) is 9.59 Å². The fraction of sp³-hybridized carbons (Fsp3) is 0.778. The zero-order valence-electron chi connectivity index (χ0n) is 7.66. The standard InChI is InChI=1S/C9H12O4/c1-8-4-3-5(6(10)11)9(8,2)13-7(8)12/h5H,3-4H2,1-2H3,(H,10,11)/t5-,8+,9?/m1/s1. The monoisotopic (exact) mass is 184 g/mol. The molecule has 13 heavy (non-hydrogen) atoms. The highest BCUT2D eigenvalue weighted by atomic mass is 16.6.